The Bertz CT molecular complexity index is 579. The van der Waals surface area contributed by atoms with Crippen molar-refractivity contribution in [3.63, 3.8) is 0 Å². The van der Waals surface area contributed by atoms with Crippen LogP contribution in [0.1, 0.15) is 0 Å². The average Bonchev–Trinajstić information content (AvgIpc) is 2.49. The summed E-state index contributed by atoms with van der Waals surface area (Å²) in [5.41, 5.74) is 0. The van der Waals surface area contributed by atoms with Crippen molar-refractivity contribution in [2.45, 2.75) is 0 Å². The van der Waals surface area contributed by atoms with Gasteiger partial charge in [0.05, 0.1) is 19.8 Å². The van der Waals surface area contributed by atoms with Crippen LogP contribution in [-0.4, -0.2) is 67.3 Å². The topological polar surface area (TPSA) is 114 Å². The van der Waals surface area contributed by atoms with Crippen LogP contribution in [0.25, 0.3) is 0 Å². The van der Waals surface area contributed by atoms with Gasteiger partial charge in [0.15, 0.2) is 5.82 Å². The molecule has 2 N–H and O–H groups in total. The highest BCUT2D eigenvalue weighted by atomic mass is 79.9. The normalized spacial score (nSPS) is 16.7. The molecule has 0 spiro atoms. The molecule has 0 radical (unpaired) electrons. The number of halogens is 1. The Hall–Kier alpha value is -1.01. The molecule has 0 atom stereocenters. The molecule has 21 heavy (non-hydrogen) atoms. The largest absolute Gasteiger partial charge is 0.474 e. The maximum Gasteiger partial charge on any atom is 0.302 e. The van der Waals surface area contributed by atoms with Crippen LogP contribution in [0.5, 0.6) is 5.88 Å². The Kier molecular flexibility index (Phi) is 5.70. The number of nitrogens with zero attached hydrogens (tertiary/aromatic N) is 3. The summed E-state index contributed by atoms with van der Waals surface area (Å²) in [5.74, 6) is 0.225. The van der Waals surface area contributed by atoms with E-state index < -0.39 is 10.2 Å². The van der Waals surface area contributed by atoms with Gasteiger partial charge in [-0.1, -0.05) is 0 Å². The van der Waals surface area contributed by atoms with Crippen LogP contribution in [0.15, 0.2) is 10.8 Å². The van der Waals surface area contributed by atoms with Crippen molar-refractivity contribution < 1.29 is 23.0 Å². The smallest absolute Gasteiger partial charge is 0.302 e. The number of aliphatic hydroxyl groups is 1. The van der Waals surface area contributed by atoms with Gasteiger partial charge in [0.25, 0.3) is 0 Å². The Morgan fingerprint density at radius 1 is 1.43 bits per heavy atom. The molecule has 11 heteroatoms. The molecular weight excluding hydrogens is 368 g/mol. The highest BCUT2D eigenvalue weighted by Gasteiger charge is 2.26. The number of aliphatic hydroxyl groups excluding tert-OH is 1. The van der Waals surface area contributed by atoms with Gasteiger partial charge in [-0.15, -0.1) is 0 Å². The fraction of sp³-hybridized carbons (Fsp3) is 0.600. The Labute approximate surface area is 130 Å². The average molecular weight is 383 g/mol. The summed E-state index contributed by atoms with van der Waals surface area (Å²) in [6.45, 7) is 1.15. The lowest BCUT2D eigenvalue weighted by Crippen LogP contribution is -2.43. The Balaban J connectivity index is 2.14. The van der Waals surface area contributed by atoms with Gasteiger partial charge in [-0.25, -0.2) is 9.97 Å². The fourth-order valence-electron chi connectivity index (χ4n) is 1.64. The maximum absolute atomic E-state index is 12.2. The molecule has 0 aliphatic carbocycles. The summed E-state index contributed by atoms with van der Waals surface area (Å²) in [6, 6.07) is 0. The third kappa shape index (κ3) is 4.23. The first kappa shape index (κ1) is 16.4. The molecule has 2 heterocycles. The quantitative estimate of drug-likeness (QED) is 0.687. The third-order valence-electron chi connectivity index (χ3n) is 2.62. The molecule has 1 saturated heterocycles. The zero-order valence-electron chi connectivity index (χ0n) is 11.0. The zero-order chi connectivity index (χ0) is 15.3. The summed E-state index contributed by atoms with van der Waals surface area (Å²) in [5, 5.41) is 8.73. The predicted octanol–water partition coefficient (Wildman–Crippen LogP) is -0.401. The van der Waals surface area contributed by atoms with Gasteiger partial charge in [0.1, 0.15) is 17.4 Å². The van der Waals surface area contributed by atoms with Crippen LogP contribution < -0.4 is 9.46 Å². The lowest BCUT2D eigenvalue weighted by Gasteiger charge is -2.26. The van der Waals surface area contributed by atoms with E-state index in [-0.39, 0.29) is 42.5 Å². The first-order chi connectivity index (χ1) is 10.0. The number of hydrogen-bond donors (Lipinski definition) is 2. The van der Waals surface area contributed by atoms with E-state index in [1.54, 1.807) is 0 Å². The first-order valence-corrected chi connectivity index (χ1v) is 8.37. The molecule has 9 nitrogen and oxygen atoms in total. The van der Waals surface area contributed by atoms with E-state index in [0.717, 1.165) is 0 Å². The molecule has 0 aromatic carbocycles. The molecular formula is C10H15BrN4O5S. The summed E-state index contributed by atoms with van der Waals surface area (Å²) in [4.78, 5) is 7.74. The van der Waals surface area contributed by atoms with E-state index in [2.05, 4.69) is 30.6 Å². The van der Waals surface area contributed by atoms with Crippen molar-refractivity contribution in [1.29, 1.82) is 0 Å². The Morgan fingerprint density at radius 3 is 2.81 bits per heavy atom. The number of hydrogen-bond acceptors (Lipinski definition) is 7. The van der Waals surface area contributed by atoms with Gasteiger partial charge < -0.3 is 14.6 Å². The second-order valence-corrected chi connectivity index (χ2v) is 6.50. The SMILES string of the molecule is O=S(=O)(Nc1ncnc(OCCO)c1Br)N1CCOCC1. The fourth-order valence-corrected chi connectivity index (χ4v) is 3.35. The van der Waals surface area contributed by atoms with Crippen LogP contribution in [0.2, 0.25) is 0 Å². The molecule has 1 aliphatic heterocycles. The van der Waals surface area contributed by atoms with E-state index in [1.807, 2.05) is 0 Å². The number of ether oxygens (including phenoxy) is 2. The highest BCUT2D eigenvalue weighted by molar-refractivity contribution is 9.10. The van der Waals surface area contributed by atoms with Crippen LogP contribution in [0.3, 0.4) is 0 Å². The predicted molar refractivity (Wildman–Crippen MR) is 77.2 cm³/mol. The van der Waals surface area contributed by atoms with Crippen molar-refractivity contribution in [2.24, 2.45) is 0 Å². The van der Waals surface area contributed by atoms with Gasteiger partial charge >= 0.3 is 10.2 Å². The van der Waals surface area contributed by atoms with E-state index in [9.17, 15) is 8.42 Å². The van der Waals surface area contributed by atoms with E-state index >= 15 is 0 Å². The molecule has 0 amide bonds. The van der Waals surface area contributed by atoms with Crippen LogP contribution in [0, 0.1) is 0 Å². The minimum absolute atomic E-state index is 0.0469. The lowest BCUT2D eigenvalue weighted by molar-refractivity contribution is 0.0733. The molecule has 1 aromatic rings. The van der Waals surface area contributed by atoms with Gasteiger partial charge in [-0.2, -0.15) is 12.7 Å². The first-order valence-electron chi connectivity index (χ1n) is 6.14. The summed E-state index contributed by atoms with van der Waals surface area (Å²) >= 11 is 3.19. The van der Waals surface area contributed by atoms with Gasteiger partial charge in [-0.05, 0) is 15.9 Å². The summed E-state index contributed by atoms with van der Waals surface area (Å²) in [6.07, 6.45) is 1.18. The number of rotatable bonds is 6. The number of anilines is 1. The molecule has 2 rings (SSSR count). The third-order valence-corrected chi connectivity index (χ3v) is 4.83. The van der Waals surface area contributed by atoms with Crippen molar-refractivity contribution in [1.82, 2.24) is 14.3 Å². The highest BCUT2D eigenvalue weighted by Crippen LogP contribution is 2.29. The standard InChI is InChI=1S/C10H15BrN4O5S/c11-8-9(12-7-13-10(8)20-6-3-16)14-21(17,18)15-1-4-19-5-2-15/h7,16H,1-6H2,(H,12,13,14). The summed E-state index contributed by atoms with van der Waals surface area (Å²) in [7, 11) is -3.72. The molecule has 1 aliphatic rings. The van der Waals surface area contributed by atoms with E-state index in [0.29, 0.717) is 13.2 Å². The summed E-state index contributed by atoms with van der Waals surface area (Å²) < 4.78 is 38.7. The molecule has 118 valence electrons. The van der Waals surface area contributed by atoms with Crippen molar-refractivity contribution >= 4 is 32.0 Å². The minimum atomic E-state index is -3.72. The molecule has 0 bridgehead atoms. The van der Waals surface area contributed by atoms with Gasteiger partial charge in [0.2, 0.25) is 5.88 Å². The molecule has 1 aromatic heterocycles. The van der Waals surface area contributed by atoms with Crippen LogP contribution >= 0.6 is 15.9 Å². The van der Waals surface area contributed by atoms with Gasteiger partial charge in [-0.3, -0.25) is 4.72 Å². The number of morpholine rings is 1. The van der Waals surface area contributed by atoms with Crippen molar-refractivity contribution in [2.75, 3.05) is 44.2 Å². The molecule has 0 unspecified atom stereocenters. The number of aromatic nitrogens is 2. The van der Waals surface area contributed by atoms with Gasteiger partial charge in [0, 0.05) is 13.1 Å². The van der Waals surface area contributed by atoms with Crippen molar-refractivity contribution in [3.05, 3.63) is 10.8 Å². The minimum Gasteiger partial charge on any atom is -0.474 e. The van der Waals surface area contributed by atoms with Crippen LogP contribution in [0.4, 0.5) is 5.82 Å². The zero-order valence-corrected chi connectivity index (χ0v) is 13.4. The molecule has 0 saturated carbocycles. The second kappa shape index (κ2) is 7.31. The number of nitrogens with one attached hydrogen (secondary N) is 1. The maximum atomic E-state index is 12.2. The monoisotopic (exact) mass is 382 g/mol. The Morgan fingerprint density at radius 2 is 2.14 bits per heavy atom. The van der Waals surface area contributed by atoms with E-state index in [1.165, 1.54) is 10.6 Å². The van der Waals surface area contributed by atoms with E-state index in [4.69, 9.17) is 14.6 Å². The van der Waals surface area contributed by atoms with Crippen LogP contribution in [-0.2, 0) is 14.9 Å². The molecule has 1 fully saturated rings. The van der Waals surface area contributed by atoms with Crippen molar-refractivity contribution in [3.8, 4) is 5.88 Å². The lowest BCUT2D eigenvalue weighted by atomic mass is 10.5. The second-order valence-electron chi connectivity index (χ2n) is 4.03.